The molecule has 4 rings (SSSR count). The molecule has 0 spiro atoms. The summed E-state index contributed by atoms with van der Waals surface area (Å²) in [5.41, 5.74) is 8.73. The Kier molecular flexibility index (Phi) is 11.3. The van der Waals surface area contributed by atoms with E-state index >= 15 is 0 Å². The van der Waals surface area contributed by atoms with Gasteiger partial charge in [0.2, 0.25) is 0 Å². The molecule has 45 heavy (non-hydrogen) atoms. The second-order valence-electron chi connectivity index (χ2n) is 9.77. The maximum Gasteiger partial charge on any atom is 0.340 e. The fraction of sp³-hybridized carbons (Fsp3) is 0.219. The molecule has 2 N–H and O–H groups in total. The van der Waals surface area contributed by atoms with E-state index in [-0.39, 0.29) is 42.4 Å². The van der Waals surface area contributed by atoms with Crippen molar-refractivity contribution in [2.45, 2.75) is 31.1 Å². The molecular weight excluding hydrogens is 621 g/mol. The summed E-state index contributed by atoms with van der Waals surface area (Å²) in [5.74, 6) is -1.58. The molecular formula is C32H30FN3O7S2. The van der Waals surface area contributed by atoms with Gasteiger partial charge in [0.1, 0.15) is 16.6 Å². The molecule has 234 valence electrons. The van der Waals surface area contributed by atoms with E-state index in [2.05, 4.69) is 4.84 Å². The normalized spacial score (nSPS) is 10.7. The first kappa shape index (κ1) is 33.1. The van der Waals surface area contributed by atoms with Crippen molar-refractivity contribution >= 4 is 40.9 Å². The number of carbonyl (C=O) groups excluding carboxylic acids is 2. The Labute approximate surface area is 268 Å². The van der Waals surface area contributed by atoms with Gasteiger partial charge in [-0.05, 0) is 91.7 Å². The van der Waals surface area contributed by atoms with E-state index < -0.39 is 22.8 Å². The van der Waals surface area contributed by atoms with Crippen molar-refractivity contribution in [2.75, 3.05) is 19.5 Å². The number of thioether (sulfide) groups is 1. The minimum absolute atomic E-state index is 0.0474. The second-order valence-corrected chi connectivity index (χ2v) is 11.1. The number of hydrogen-bond donors (Lipinski definition) is 1. The molecule has 0 aliphatic heterocycles. The van der Waals surface area contributed by atoms with Crippen LogP contribution in [0.3, 0.4) is 0 Å². The summed E-state index contributed by atoms with van der Waals surface area (Å²) in [4.78, 5) is 43.0. The summed E-state index contributed by atoms with van der Waals surface area (Å²) in [7, 11) is 0. The van der Waals surface area contributed by atoms with E-state index in [4.69, 9.17) is 27.4 Å². The van der Waals surface area contributed by atoms with E-state index in [0.29, 0.717) is 40.2 Å². The Balaban J connectivity index is 1.77. The van der Waals surface area contributed by atoms with Crippen LogP contribution < -0.4 is 10.5 Å². The Hall–Kier alpha value is -4.75. The highest BCUT2D eigenvalue weighted by atomic mass is 32.2. The summed E-state index contributed by atoms with van der Waals surface area (Å²) < 4.78 is 27.4. The van der Waals surface area contributed by atoms with Crippen LogP contribution in [-0.4, -0.2) is 46.1 Å². The van der Waals surface area contributed by atoms with Gasteiger partial charge in [0.15, 0.2) is 0 Å². The van der Waals surface area contributed by atoms with E-state index in [0.717, 1.165) is 4.90 Å². The SMILES string of the molecule is CSc1ccc(-c2c(C(=O)OCCCCO[N+](=O)[O-])c(CC(=O)Oc3ccc(C(N)=S)cc3)c(C)n2-c2cccc(F)c2)cc1. The van der Waals surface area contributed by atoms with E-state index in [9.17, 15) is 24.1 Å². The highest BCUT2D eigenvalue weighted by Gasteiger charge is 2.30. The topological polar surface area (TPSA) is 136 Å². The van der Waals surface area contributed by atoms with Crippen molar-refractivity contribution in [2.24, 2.45) is 5.73 Å². The fourth-order valence-corrected chi connectivity index (χ4v) is 5.26. The largest absolute Gasteiger partial charge is 0.462 e. The number of unbranched alkanes of at least 4 members (excludes halogenated alkanes) is 1. The average molecular weight is 652 g/mol. The number of aromatic nitrogens is 1. The van der Waals surface area contributed by atoms with Crippen LogP contribution in [0.4, 0.5) is 4.39 Å². The van der Waals surface area contributed by atoms with Crippen LogP contribution in [0.2, 0.25) is 0 Å². The highest BCUT2D eigenvalue weighted by molar-refractivity contribution is 7.98. The third kappa shape index (κ3) is 8.46. The van der Waals surface area contributed by atoms with Crippen molar-refractivity contribution < 1.29 is 33.4 Å². The molecule has 0 atom stereocenters. The van der Waals surface area contributed by atoms with Crippen molar-refractivity contribution in [3.63, 3.8) is 0 Å². The highest BCUT2D eigenvalue weighted by Crippen LogP contribution is 2.36. The van der Waals surface area contributed by atoms with Crippen LogP contribution >= 0.6 is 24.0 Å². The lowest BCUT2D eigenvalue weighted by atomic mass is 10.0. The number of rotatable bonds is 14. The van der Waals surface area contributed by atoms with Crippen LogP contribution in [-0.2, 0) is 20.8 Å². The maximum absolute atomic E-state index is 14.5. The Bertz CT molecular complexity index is 1710. The van der Waals surface area contributed by atoms with Gasteiger partial charge in [0.05, 0.1) is 30.9 Å². The maximum atomic E-state index is 14.5. The molecule has 0 radical (unpaired) electrons. The van der Waals surface area contributed by atoms with Gasteiger partial charge in [0.25, 0.3) is 5.09 Å². The zero-order chi connectivity index (χ0) is 32.5. The number of nitrogens with two attached hydrogens (primary N) is 1. The lowest BCUT2D eigenvalue weighted by Crippen LogP contribution is -2.16. The summed E-state index contributed by atoms with van der Waals surface area (Å²) in [5, 5.41) is 9.53. The predicted octanol–water partition coefficient (Wildman–Crippen LogP) is 6.24. The Morgan fingerprint density at radius 1 is 1.04 bits per heavy atom. The molecule has 0 aliphatic carbocycles. The van der Waals surface area contributed by atoms with Gasteiger partial charge in [0, 0.05) is 21.8 Å². The third-order valence-corrected chi connectivity index (χ3v) is 7.81. The van der Waals surface area contributed by atoms with Crippen molar-refractivity contribution in [1.82, 2.24) is 4.57 Å². The number of hydrogen-bond acceptors (Lipinski definition) is 9. The zero-order valence-electron chi connectivity index (χ0n) is 24.5. The number of esters is 2. The van der Waals surface area contributed by atoms with Gasteiger partial charge in [-0.25, -0.2) is 9.18 Å². The monoisotopic (exact) mass is 651 g/mol. The molecule has 0 saturated heterocycles. The molecule has 0 fully saturated rings. The molecule has 1 aromatic heterocycles. The first-order chi connectivity index (χ1) is 21.6. The molecule has 1 heterocycles. The minimum atomic E-state index is -0.884. The number of thiocarbonyl (C=S) groups is 1. The molecule has 0 bridgehead atoms. The third-order valence-electron chi connectivity index (χ3n) is 6.83. The molecule has 0 unspecified atom stereocenters. The lowest BCUT2D eigenvalue weighted by molar-refractivity contribution is -0.757. The first-order valence-corrected chi connectivity index (χ1v) is 15.4. The summed E-state index contributed by atoms with van der Waals surface area (Å²) >= 11 is 6.53. The molecule has 3 aromatic carbocycles. The van der Waals surface area contributed by atoms with Gasteiger partial charge < -0.3 is 24.6 Å². The Morgan fingerprint density at radius 2 is 1.73 bits per heavy atom. The number of ether oxygens (including phenoxy) is 2. The summed E-state index contributed by atoms with van der Waals surface area (Å²) in [6.07, 6.45) is 2.23. The molecule has 4 aromatic rings. The zero-order valence-corrected chi connectivity index (χ0v) is 26.1. The van der Waals surface area contributed by atoms with Crippen LogP contribution in [0.1, 0.15) is 40.0 Å². The van der Waals surface area contributed by atoms with Gasteiger partial charge in [-0.3, -0.25) is 4.79 Å². The summed E-state index contributed by atoms with van der Waals surface area (Å²) in [6.45, 7) is 1.55. The van der Waals surface area contributed by atoms with E-state index in [1.54, 1.807) is 59.7 Å². The molecule has 0 aliphatic rings. The number of benzene rings is 3. The lowest BCUT2D eigenvalue weighted by Gasteiger charge is -2.14. The quantitative estimate of drug-likeness (QED) is 0.0317. The fourth-order valence-electron chi connectivity index (χ4n) is 4.71. The van der Waals surface area contributed by atoms with Gasteiger partial charge in [-0.15, -0.1) is 21.9 Å². The van der Waals surface area contributed by atoms with Crippen LogP contribution in [0.5, 0.6) is 5.75 Å². The minimum Gasteiger partial charge on any atom is -0.462 e. The van der Waals surface area contributed by atoms with Gasteiger partial charge in [-0.1, -0.05) is 30.4 Å². The number of nitrogens with zero attached hydrogens (tertiary/aromatic N) is 2. The van der Waals surface area contributed by atoms with Gasteiger partial charge >= 0.3 is 11.9 Å². The van der Waals surface area contributed by atoms with Crippen molar-refractivity contribution in [1.29, 1.82) is 0 Å². The smallest absolute Gasteiger partial charge is 0.340 e. The van der Waals surface area contributed by atoms with E-state index in [1.165, 1.54) is 12.1 Å². The van der Waals surface area contributed by atoms with Crippen LogP contribution in [0, 0.1) is 22.9 Å². The number of halogens is 1. The molecule has 10 nitrogen and oxygen atoms in total. The number of carbonyl (C=O) groups is 2. The summed E-state index contributed by atoms with van der Waals surface area (Å²) in [6, 6.07) is 19.8. The molecule has 13 heteroatoms. The van der Waals surface area contributed by atoms with Crippen LogP contribution in [0.15, 0.2) is 77.7 Å². The second kappa shape index (κ2) is 15.3. The molecule has 0 saturated carbocycles. The Morgan fingerprint density at radius 3 is 2.36 bits per heavy atom. The van der Waals surface area contributed by atoms with E-state index in [1.807, 2.05) is 30.5 Å². The predicted molar refractivity (Wildman–Crippen MR) is 172 cm³/mol. The van der Waals surface area contributed by atoms with Crippen molar-refractivity contribution in [3.8, 4) is 22.7 Å². The molecule has 0 amide bonds. The first-order valence-electron chi connectivity index (χ1n) is 13.8. The standard InChI is InChI=1S/C32H30FN3O7S2/c1-20-27(19-28(37)43-25-12-8-22(9-13-25)31(34)44)29(32(38)41-16-3-4-17-42-36(39)40)30(21-10-14-26(45-2)15-11-21)35(20)24-7-5-6-23(33)18-24/h5-15,18H,3-4,16-17,19H2,1-2H3,(H2,34,44). The average Bonchev–Trinajstić information content (AvgIpc) is 3.30. The van der Waals surface area contributed by atoms with Crippen LogP contribution in [0.25, 0.3) is 16.9 Å². The van der Waals surface area contributed by atoms with Crippen molar-refractivity contribution in [3.05, 3.63) is 111 Å². The van der Waals surface area contributed by atoms with Gasteiger partial charge in [-0.2, -0.15) is 0 Å².